The van der Waals surface area contributed by atoms with E-state index in [0.717, 1.165) is 11.3 Å². The van der Waals surface area contributed by atoms with Crippen molar-refractivity contribution in [2.75, 3.05) is 6.54 Å². The van der Waals surface area contributed by atoms with E-state index in [1.807, 2.05) is 52.9 Å². The molecule has 0 aliphatic carbocycles. The third-order valence-corrected chi connectivity index (χ3v) is 12.7. The smallest absolute Gasteiger partial charge is 0.411 e. The Morgan fingerprint density at radius 3 is 2.49 bits per heavy atom. The van der Waals surface area contributed by atoms with E-state index in [2.05, 4.69) is 35.0 Å². The van der Waals surface area contributed by atoms with Crippen LogP contribution in [0.5, 0.6) is 0 Å². The Labute approximate surface area is 337 Å². The molecule has 3 aliphatic heterocycles. The van der Waals surface area contributed by atoms with E-state index < -0.39 is 77.3 Å². The van der Waals surface area contributed by atoms with Crippen LogP contribution < -0.4 is 0 Å². The number of carbonyl (C=O) groups excluding carboxylic acids is 4. The molecule has 314 valence electrons. The first-order valence-corrected chi connectivity index (χ1v) is 20.6. The Kier molecular flexibility index (Phi) is 13.6. The lowest BCUT2D eigenvalue weighted by Crippen LogP contribution is -2.56. The summed E-state index contributed by atoms with van der Waals surface area (Å²) in [4.78, 5) is 66.8. The average molecular weight is 793 g/mol. The van der Waals surface area contributed by atoms with Gasteiger partial charge in [-0.15, -0.1) is 0 Å². The van der Waals surface area contributed by atoms with Gasteiger partial charge in [0.2, 0.25) is 0 Å². The van der Waals surface area contributed by atoms with Crippen LogP contribution in [0.2, 0.25) is 0 Å². The molecule has 3 saturated heterocycles. The zero-order valence-corrected chi connectivity index (χ0v) is 35.5. The second-order valence-electron chi connectivity index (χ2n) is 18.0. The highest BCUT2D eigenvalue weighted by Crippen LogP contribution is 2.43. The highest BCUT2D eigenvalue weighted by atomic mass is 16.7. The van der Waals surface area contributed by atoms with E-state index in [9.17, 15) is 24.3 Å². The lowest BCUT2D eigenvalue weighted by Gasteiger charge is -2.45. The first kappa shape index (κ1) is 44.2. The van der Waals surface area contributed by atoms with Crippen molar-refractivity contribution in [1.29, 1.82) is 0 Å². The Morgan fingerprint density at radius 1 is 1.12 bits per heavy atom. The van der Waals surface area contributed by atoms with Gasteiger partial charge in [0.15, 0.2) is 17.7 Å². The molecule has 3 aliphatic rings. The highest BCUT2D eigenvalue weighted by Gasteiger charge is 2.59. The average Bonchev–Trinajstić information content (AvgIpc) is 3.77. The number of ketones is 2. The van der Waals surface area contributed by atoms with Crippen molar-refractivity contribution in [1.82, 2.24) is 19.4 Å². The number of fused-ring (bicyclic) bond motifs is 1. The van der Waals surface area contributed by atoms with Crippen LogP contribution in [0.15, 0.2) is 49.7 Å². The molecule has 0 saturated carbocycles. The SMILES string of the molecule is C=C[C@]12OC(=O)N(CCCC(C)(C)n3cnc(-c4cccnc4)c3)[C@@H]1CC(=O)[C@H](C)CC(C)(C)[C@H](OC1O[C@H](C)C[C@H](C)[C@H]1O)[C@@H](C)C(=O)[C@@H](C)C(=O)O[C@@H]2CC. The van der Waals surface area contributed by atoms with E-state index in [0.29, 0.717) is 25.7 Å². The zero-order valence-electron chi connectivity index (χ0n) is 35.5. The number of hydrogen-bond donors (Lipinski definition) is 1. The topological polar surface area (TPSA) is 159 Å². The normalized spacial score (nSPS) is 34.3. The number of Topliss-reactive ketones (excluding diaryl/α,β-unsaturated/α-hetero) is 2. The molecule has 2 aromatic rings. The number of nitrogens with zero attached hydrogens (tertiary/aromatic N) is 4. The Balaban J connectivity index is 1.43. The molecule has 0 aromatic carbocycles. The molecule has 0 spiro atoms. The van der Waals surface area contributed by atoms with Gasteiger partial charge >= 0.3 is 12.1 Å². The van der Waals surface area contributed by atoms with Crippen LogP contribution in [0.25, 0.3) is 11.3 Å². The highest BCUT2D eigenvalue weighted by molar-refractivity contribution is 6.00. The number of hydrogen-bond acceptors (Lipinski definition) is 11. The monoisotopic (exact) mass is 792 g/mol. The van der Waals surface area contributed by atoms with Crippen LogP contribution in [0.3, 0.4) is 0 Å². The molecule has 0 radical (unpaired) electrons. The van der Waals surface area contributed by atoms with Gasteiger partial charge in [0, 0.05) is 54.5 Å². The van der Waals surface area contributed by atoms with Crippen molar-refractivity contribution >= 4 is 23.6 Å². The molecule has 5 rings (SSSR count). The minimum Gasteiger partial charge on any atom is -0.457 e. The summed E-state index contributed by atoms with van der Waals surface area (Å²) in [7, 11) is 0. The summed E-state index contributed by atoms with van der Waals surface area (Å²) in [6.45, 7) is 23.1. The molecule has 13 heteroatoms. The zero-order chi connectivity index (χ0) is 42.0. The number of carbonyl (C=O) groups is 4. The molecule has 11 atom stereocenters. The van der Waals surface area contributed by atoms with Gasteiger partial charge in [-0.3, -0.25) is 19.4 Å². The third-order valence-electron chi connectivity index (χ3n) is 12.7. The fourth-order valence-electron chi connectivity index (χ4n) is 9.22. The van der Waals surface area contributed by atoms with Gasteiger partial charge in [-0.05, 0) is 89.3 Å². The molecule has 13 nitrogen and oxygen atoms in total. The standard InChI is InChI=1S/C44H64N4O9/c1-12-35-44(13-2)34(48(41(53)57-44)19-15-17-43(10,11)47-24-32(46-25-47)31-16-14-18-45-23-31)21-33(49)27(4)22-42(8,9)38(29(6)37(51)30(7)39(52)55-35)56-40-36(50)26(3)20-28(5)54-40/h13-14,16,18,23-30,34-36,38,40,50H,2,12,15,17,19-22H2,1,3-11H3/t26-,27+,28+,29-,30+,34+,35+,36+,38+,40?,44-/m0/s1. The minimum absolute atomic E-state index is 0.0719. The summed E-state index contributed by atoms with van der Waals surface area (Å²) in [5.41, 5.74) is -1.01. The number of imidazole rings is 1. The molecule has 0 bridgehead atoms. The van der Waals surface area contributed by atoms with Crippen LogP contribution in [-0.4, -0.2) is 97.1 Å². The van der Waals surface area contributed by atoms with Crippen molar-refractivity contribution < 1.29 is 43.2 Å². The van der Waals surface area contributed by atoms with E-state index in [1.165, 1.54) is 13.0 Å². The number of amides is 1. The molecule has 3 fully saturated rings. The number of cyclic esters (lactones) is 1. The minimum atomic E-state index is -1.54. The number of esters is 1. The van der Waals surface area contributed by atoms with Gasteiger partial charge in [-0.1, -0.05) is 48.1 Å². The van der Waals surface area contributed by atoms with E-state index in [-0.39, 0.29) is 42.7 Å². The number of pyridine rings is 1. The molecule has 57 heavy (non-hydrogen) atoms. The van der Waals surface area contributed by atoms with E-state index >= 15 is 0 Å². The van der Waals surface area contributed by atoms with Gasteiger partial charge in [-0.2, -0.15) is 0 Å². The quantitative estimate of drug-likeness (QED) is 0.151. The van der Waals surface area contributed by atoms with Crippen molar-refractivity contribution in [2.24, 2.45) is 29.1 Å². The molecule has 1 N–H and O–H groups in total. The molecular formula is C44H64N4O9. The van der Waals surface area contributed by atoms with Gasteiger partial charge in [0.1, 0.15) is 23.9 Å². The fourth-order valence-corrected chi connectivity index (χ4v) is 9.22. The largest absolute Gasteiger partial charge is 0.457 e. The van der Waals surface area contributed by atoms with E-state index in [1.54, 1.807) is 37.5 Å². The van der Waals surface area contributed by atoms with Crippen molar-refractivity contribution in [2.45, 2.75) is 156 Å². The van der Waals surface area contributed by atoms with Crippen LogP contribution in [0, 0.1) is 29.1 Å². The summed E-state index contributed by atoms with van der Waals surface area (Å²) in [6, 6.07) is 2.99. The number of aromatic nitrogens is 3. The molecular weight excluding hydrogens is 729 g/mol. The fraction of sp³-hybridized carbons (Fsp3) is 0.682. The van der Waals surface area contributed by atoms with Crippen LogP contribution in [-0.2, 0) is 38.9 Å². The van der Waals surface area contributed by atoms with Crippen LogP contribution in [0.4, 0.5) is 4.79 Å². The summed E-state index contributed by atoms with van der Waals surface area (Å²) < 4.78 is 26.9. The molecule has 1 unspecified atom stereocenters. The number of rotatable bonds is 10. The summed E-state index contributed by atoms with van der Waals surface area (Å²) >= 11 is 0. The number of ether oxygens (including phenoxy) is 4. The summed E-state index contributed by atoms with van der Waals surface area (Å²) in [6.07, 6.45) is 6.54. The summed E-state index contributed by atoms with van der Waals surface area (Å²) in [5.74, 6) is -3.94. The Hall–Kier alpha value is -3.94. The van der Waals surface area contributed by atoms with E-state index in [4.69, 9.17) is 18.9 Å². The van der Waals surface area contributed by atoms with Crippen LogP contribution >= 0.6 is 0 Å². The maximum absolute atomic E-state index is 14.4. The first-order chi connectivity index (χ1) is 26.8. The lowest BCUT2D eigenvalue weighted by atomic mass is 9.70. The van der Waals surface area contributed by atoms with Gasteiger partial charge < -0.3 is 33.5 Å². The van der Waals surface area contributed by atoms with Crippen LogP contribution in [0.1, 0.15) is 108 Å². The molecule has 5 heterocycles. The third kappa shape index (κ3) is 9.20. The molecule has 2 aromatic heterocycles. The van der Waals surface area contributed by atoms with Crippen molar-refractivity contribution in [3.05, 3.63) is 49.7 Å². The number of aliphatic hydroxyl groups is 1. The number of aliphatic hydroxyl groups excluding tert-OH is 1. The second-order valence-corrected chi connectivity index (χ2v) is 18.0. The Morgan fingerprint density at radius 2 is 1.84 bits per heavy atom. The lowest BCUT2D eigenvalue weighted by molar-refractivity contribution is -0.284. The van der Waals surface area contributed by atoms with Gasteiger partial charge in [0.05, 0.1) is 30.3 Å². The first-order valence-electron chi connectivity index (χ1n) is 20.6. The second kappa shape index (κ2) is 17.5. The van der Waals surface area contributed by atoms with Gasteiger partial charge in [-0.25, -0.2) is 9.78 Å². The summed E-state index contributed by atoms with van der Waals surface area (Å²) in [5, 5.41) is 11.1. The predicted molar refractivity (Wildman–Crippen MR) is 214 cm³/mol. The maximum atomic E-state index is 14.4. The maximum Gasteiger partial charge on any atom is 0.411 e. The Bertz CT molecular complexity index is 1760. The molecule has 1 amide bonds. The predicted octanol–water partition coefficient (Wildman–Crippen LogP) is 6.91. The van der Waals surface area contributed by atoms with Crippen molar-refractivity contribution in [3.8, 4) is 11.3 Å². The van der Waals surface area contributed by atoms with Crippen molar-refractivity contribution in [3.63, 3.8) is 0 Å². The van der Waals surface area contributed by atoms with Gasteiger partial charge in [0.25, 0.3) is 0 Å².